The molecule has 7 heteroatoms. The molecule has 0 amide bonds. The summed E-state index contributed by atoms with van der Waals surface area (Å²) in [6.07, 6.45) is 0. The van der Waals surface area contributed by atoms with Crippen molar-refractivity contribution < 1.29 is 14.3 Å². The van der Waals surface area contributed by atoms with Crippen molar-refractivity contribution in [3.63, 3.8) is 0 Å². The van der Waals surface area contributed by atoms with E-state index in [1.165, 1.54) is 28.8 Å². The highest BCUT2D eigenvalue weighted by Gasteiger charge is 2.21. The van der Waals surface area contributed by atoms with Crippen LogP contribution < -0.4 is 0 Å². The number of benzene rings is 1. The van der Waals surface area contributed by atoms with Crippen molar-refractivity contribution in [2.45, 2.75) is 12.8 Å². The largest absolute Gasteiger partial charge is 0.478 e. The molecule has 0 aliphatic heterocycles. The van der Waals surface area contributed by atoms with E-state index < -0.39 is 5.97 Å². The predicted molar refractivity (Wildman–Crippen MR) is 79.6 cm³/mol. The Morgan fingerprint density at radius 3 is 2.64 bits per heavy atom. The number of aryl methyl sites for hydroxylation is 1. The molecule has 1 N–H and O–H groups in total. The van der Waals surface area contributed by atoms with Crippen molar-refractivity contribution in [2.24, 2.45) is 0 Å². The van der Waals surface area contributed by atoms with Gasteiger partial charge in [0.05, 0.1) is 5.88 Å². The van der Waals surface area contributed by atoms with Crippen molar-refractivity contribution in [1.29, 1.82) is 0 Å². The second-order valence-corrected chi connectivity index (χ2v) is 5.05. The maximum atomic E-state index is 13.1. The molecular formula is C15H11ClFN3O2. The number of fused-ring (bicyclic) bond motifs is 1. The van der Waals surface area contributed by atoms with Gasteiger partial charge in [0.1, 0.15) is 11.4 Å². The van der Waals surface area contributed by atoms with Crippen molar-refractivity contribution in [1.82, 2.24) is 14.6 Å². The summed E-state index contributed by atoms with van der Waals surface area (Å²) in [4.78, 5) is 15.9. The van der Waals surface area contributed by atoms with E-state index >= 15 is 0 Å². The van der Waals surface area contributed by atoms with Gasteiger partial charge < -0.3 is 5.11 Å². The standard InChI is InChI=1S/C15H11ClFN3O2/c1-8-6-11(9-2-4-10(17)5-3-9)13(15(21)22)14-18-12(7-16)19-20(8)14/h2-6H,7H2,1H3,(H,21,22). The van der Waals surface area contributed by atoms with E-state index in [2.05, 4.69) is 10.1 Å². The van der Waals surface area contributed by atoms with Gasteiger partial charge in [0.2, 0.25) is 0 Å². The minimum Gasteiger partial charge on any atom is -0.478 e. The Morgan fingerprint density at radius 2 is 2.05 bits per heavy atom. The molecule has 112 valence electrons. The maximum Gasteiger partial charge on any atom is 0.340 e. The van der Waals surface area contributed by atoms with Crippen LogP contribution in [0.15, 0.2) is 30.3 Å². The second-order valence-electron chi connectivity index (χ2n) is 4.78. The van der Waals surface area contributed by atoms with Crippen molar-refractivity contribution in [3.05, 3.63) is 53.2 Å². The number of rotatable bonds is 3. The van der Waals surface area contributed by atoms with Gasteiger partial charge >= 0.3 is 5.97 Å². The number of carboxylic acids is 1. The zero-order valence-corrected chi connectivity index (χ0v) is 12.3. The fraction of sp³-hybridized carbons (Fsp3) is 0.133. The molecule has 0 saturated heterocycles. The number of carbonyl (C=O) groups is 1. The number of hydrogen-bond acceptors (Lipinski definition) is 3. The number of nitrogens with zero attached hydrogens (tertiary/aromatic N) is 3. The summed E-state index contributed by atoms with van der Waals surface area (Å²) in [5.41, 5.74) is 2.01. The summed E-state index contributed by atoms with van der Waals surface area (Å²) in [6, 6.07) is 7.33. The molecule has 0 unspecified atom stereocenters. The highest BCUT2D eigenvalue weighted by Crippen LogP contribution is 2.28. The predicted octanol–water partition coefficient (Wildman–Crippen LogP) is 3.28. The van der Waals surface area contributed by atoms with E-state index in [1.807, 2.05) is 0 Å². The van der Waals surface area contributed by atoms with Gasteiger partial charge in [-0.15, -0.1) is 16.7 Å². The molecule has 22 heavy (non-hydrogen) atoms. The lowest BCUT2D eigenvalue weighted by molar-refractivity contribution is 0.0699. The Bertz CT molecular complexity index is 875. The molecule has 3 aromatic rings. The molecule has 2 heterocycles. The molecule has 2 aromatic heterocycles. The monoisotopic (exact) mass is 319 g/mol. The SMILES string of the molecule is Cc1cc(-c2ccc(F)cc2)c(C(=O)O)c2nc(CCl)nn12. The summed E-state index contributed by atoms with van der Waals surface area (Å²) >= 11 is 5.73. The molecule has 0 radical (unpaired) electrons. The summed E-state index contributed by atoms with van der Waals surface area (Å²) in [5.74, 6) is -1.07. The average molecular weight is 320 g/mol. The van der Waals surface area contributed by atoms with Crippen molar-refractivity contribution in [3.8, 4) is 11.1 Å². The quantitative estimate of drug-likeness (QED) is 0.752. The van der Waals surface area contributed by atoms with Gasteiger partial charge in [0.15, 0.2) is 11.5 Å². The molecule has 0 aliphatic rings. The highest BCUT2D eigenvalue weighted by molar-refractivity contribution is 6.16. The summed E-state index contributed by atoms with van der Waals surface area (Å²) in [6.45, 7) is 1.79. The molecule has 3 rings (SSSR count). The van der Waals surface area contributed by atoms with Gasteiger partial charge in [-0.1, -0.05) is 12.1 Å². The van der Waals surface area contributed by atoms with E-state index in [0.717, 1.165) is 0 Å². The summed E-state index contributed by atoms with van der Waals surface area (Å²) in [7, 11) is 0. The smallest absolute Gasteiger partial charge is 0.340 e. The molecule has 0 fully saturated rings. The number of aromatic carboxylic acids is 1. The lowest BCUT2D eigenvalue weighted by Crippen LogP contribution is -2.06. The zero-order valence-electron chi connectivity index (χ0n) is 11.5. The lowest BCUT2D eigenvalue weighted by Gasteiger charge is -2.09. The van der Waals surface area contributed by atoms with Gasteiger partial charge in [-0.2, -0.15) is 0 Å². The normalized spacial score (nSPS) is 11.0. The third-order valence-corrected chi connectivity index (χ3v) is 3.56. The van der Waals surface area contributed by atoms with Crippen LogP contribution in [0.5, 0.6) is 0 Å². The molecule has 0 bridgehead atoms. The van der Waals surface area contributed by atoms with Gasteiger partial charge in [-0.05, 0) is 30.7 Å². The topological polar surface area (TPSA) is 67.5 Å². The average Bonchev–Trinajstić information content (AvgIpc) is 2.92. The Kier molecular flexibility index (Phi) is 3.54. The lowest BCUT2D eigenvalue weighted by atomic mass is 10.00. The van der Waals surface area contributed by atoms with Gasteiger partial charge in [0.25, 0.3) is 0 Å². The van der Waals surface area contributed by atoms with Crippen molar-refractivity contribution >= 4 is 23.2 Å². The first kappa shape index (κ1) is 14.5. The van der Waals surface area contributed by atoms with Crippen LogP contribution in [0.4, 0.5) is 4.39 Å². The van der Waals surface area contributed by atoms with E-state index in [-0.39, 0.29) is 22.9 Å². The highest BCUT2D eigenvalue weighted by atomic mass is 35.5. The fourth-order valence-electron chi connectivity index (χ4n) is 2.35. The van der Waals surface area contributed by atoms with Crippen LogP contribution in [0.1, 0.15) is 21.9 Å². The van der Waals surface area contributed by atoms with Crippen molar-refractivity contribution in [2.75, 3.05) is 0 Å². The van der Waals surface area contributed by atoms with Crippen LogP contribution in [-0.2, 0) is 5.88 Å². The minimum atomic E-state index is -1.13. The molecule has 0 atom stereocenters. The third kappa shape index (κ3) is 2.31. The van der Waals surface area contributed by atoms with Gasteiger partial charge in [-0.25, -0.2) is 18.7 Å². The molecule has 0 spiro atoms. The fourth-order valence-corrected chi connectivity index (χ4v) is 2.46. The Balaban J connectivity index is 2.36. The molecule has 5 nitrogen and oxygen atoms in total. The number of alkyl halides is 1. The van der Waals surface area contributed by atoms with Crippen LogP contribution in [-0.4, -0.2) is 25.7 Å². The first-order valence-electron chi connectivity index (χ1n) is 6.45. The first-order valence-corrected chi connectivity index (χ1v) is 6.99. The van der Waals surface area contributed by atoms with Gasteiger partial charge in [0, 0.05) is 11.3 Å². The molecule has 0 aliphatic carbocycles. The Labute approximate surface area is 130 Å². The molecule has 1 aromatic carbocycles. The molecular weight excluding hydrogens is 309 g/mol. The van der Waals surface area contributed by atoms with E-state index in [9.17, 15) is 14.3 Å². The van der Waals surface area contributed by atoms with Crippen LogP contribution >= 0.6 is 11.6 Å². The van der Waals surface area contributed by atoms with Crippen LogP contribution in [0.2, 0.25) is 0 Å². The molecule has 0 saturated carbocycles. The van der Waals surface area contributed by atoms with Crippen LogP contribution in [0.25, 0.3) is 16.8 Å². The first-order chi connectivity index (χ1) is 10.5. The zero-order chi connectivity index (χ0) is 15.9. The number of aromatic nitrogens is 3. The van der Waals surface area contributed by atoms with Crippen LogP contribution in [0, 0.1) is 12.7 Å². The summed E-state index contributed by atoms with van der Waals surface area (Å²) in [5, 5.41) is 13.7. The van der Waals surface area contributed by atoms with Crippen LogP contribution in [0.3, 0.4) is 0 Å². The van der Waals surface area contributed by atoms with E-state index in [0.29, 0.717) is 22.6 Å². The minimum absolute atomic E-state index is 0.0149. The summed E-state index contributed by atoms with van der Waals surface area (Å²) < 4.78 is 14.5. The number of hydrogen-bond donors (Lipinski definition) is 1. The maximum absolute atomic E-state index is 13.1. The number of halogens is 2. The Hall–Kier alpha value is -2.47. The third-order valence-electron chi connectivity index (χ3n) is 3.32. The van der Waals surface area contributed by atoms with Gasteiger partial charge in [-0.3, -0.25) is 0 Å². The van der Waals surface area contributed by atoms with E-state index in [1.54, 1.807) is 13.0 Å². The Morgan fingerprint density at radius 1 is 1.36 bits per heavy atom. The number of pyridine rings is 1. The number of carboxylic acid groups (broad SMARTS) is 1. The second kappa shape index (κ2) is 5.38. The van der Waals surface area contributed by atoms with E-state index in [4.69, 9.17) is 11.6 Å².